The summed E-state index contributed by atoms with van der Waals surface area (Å²) in [7, 11) is 0. The van der Waals surface area contributed by atoms with E-state index in [2.05, 4.69) is 27.5 Å². The van der Waals surface area contributed by atoms with Crippen LogP contribution in [0, 0.1) is 22.7 Å². The van der Waals surface area contributed by atoms with Gasteiger partial charge in [0.15, 0.2) is 11.5 Å². The van der Waals surface area contributed by atoms with Crippen molar-refractivity contribution >= 4 is 28.9 Å². The lowest BCUT2D eigenvalue weighted by molar-refractivity contribution is 0.917. The maximum absolute atomic E-state index is 9.46. The monoisotopic (exact) mass is 306 g/mol. The predicted molar refractivity (Wildman–Crippen MR) is 83.9 cm³/mol. The molecule has 0 amide bonds. The van der Waals surface area contributed by atoms with Crippen molar-refractivity contribution in [3.05, 3.63) is 47.7 Å². The van der Waals surface area contributed by atoms with Gasteiger partial charge < -0.3 is 5.32 Å². The number of thioether (sulfide) groups is 1. The Hall–Kier alpha value is -3.03. The van der Waals surface area contributed by atoms with E-state index in [1.807, 2.05) is 6.26 Å². The maximum Gasteiger partial charge on any atom is 0.158 e. The molecule has 0 bridgehead atoms. The zero-order valence-electron chi connectivity index (χ0n) is 11.6. The van der Waals surface area contributed by atoms with Crippen LogP contribution >= 0.6 is 11.8 Å². The molecule has 1 aromatic carbocycles. The lowest BCUT2D eigenvalue weighted by Crippen LogP contribution is -2.06. The normalized spacial score (nSPS) is 10.1. The van der Waals surface area contributed by atoms with Gasteiger partial charge >= 0.3 is 0 Å². The molecule has 2 aromatic heterocycles. The summed E-state index contributed by atoms with van der Waals surface area (Å²) in [6.07, 6.45) is 3.51. The fourth-order valence-electron chi connectivity index (χ4n) is 2.05. The number of benzene rings is 1. The molecule has 0 unspecified atom stereocenters. The van der Waals surface area contributed by atoms with E-state index < -0.39 is 0 Å². The molecule has 0 fully saturated rings. The van der Waals surface area contributed by atoms with Gasteiger partial charge in [0.1, 0.15) is 16.7 Å². The third-order valence-electron chi connectivity index (χ3n) is 3.08. The summed E-state index contributed by atoms with van der Waals surface area (Å²) in [5.74, 6) is 0.562. The van der Waals surface area contributed by atoms with E-state index in [1.165, 1.54) is 11.8 Å². The Morgan fingerprint density at radius 1 is 1.14 bits per heavy atom. The van der Waals surface area contributed by atoms with Gasteiger partial charge in [0, 0.05) is 11.8 Å². The Balaban J connectivity index is 2.14. The summed E-state index contributed by atoms with van der Waals surface area (Å²) in [4.78, 5) is 4.41. The predicted octanol–water partition coefficient (Wildman–Crippen LogP) is 2.94. The zero-order valence-corrected chi connectivity index (χ0v) is 12.4. The number of nitrogens with zero attached hydrogens (tertiary/aromatic N) is 5. The minimum atomic E-state index is 0.438. The second-order valence-electron chi connectivity index (χ2n) is 4.37. The molecule has 2 heterocycles. The molecule has 0 atom stereocenters. The molecule has 22 heavy (non-hydrogen) atoms. The number of hydrogen-bond acceptors (Lipinski definition) is 6. The fourth-order valence-corrected chi connectivity index (χ4v) is 2.58. The van der Waals surface area contributed by atoms with E-state index in [9.17, 15) is 5.26 Å². The third kappa shape index (κ3) is 2.34. The van der Waals surface area contributed by atoms with E-state index >= 15 is 0 Å². The van der Waals surface area contributed by atoms with E-state index in [0.29, 0.717) is 27.6 Å². The Bertz CT molecular complexity index is 914. The Morgan fingerprint density at radius 3 is 2.55 bits per heavy atom. The maximum atomic E-state index is 9.46. The van der Waals surface area contributed by atoms with Gasteiger partial charge in [-0.2, -0.15) is 20.1 Å². The molecule has 0 saturated carbocycles. The molecular formula is C15H10N6S. The average Bonchev–Trinajstić information content (AvgIpc) is 3.03. The van der Waals surface area contributed by atoms with Crippen molar-refractivity contribution in [2.45, 2.75) is 5.03 Å². The summed E-state index contributed by atoms with van der Waals surface area (Å²) in [6, 6.07) is 13.0. The summed E-state index contributed by atoms with van der Waals surface area (Å²) < 4.78 is 1.59. The molecule has 0 aliphatic carbocycles. The van der Waals surface area contributed by atoms with Crippen molar-refractivity contribution in [1.29, 1.82) is 10.5 Å². The Labute approximate surface area is 131 Å². The molecule has 106 valence electrons. The molecule has 6 nitrogen and oxygen atoms in total. The van der Waals surface area contributed by atoms with Crippen LogP contribution in [0.3, 0.4) is 0 Å². The highest BCUT2D eigenvalue weighted by Gasteiger charge is 2.15. The van der Waals surface area contributed by atoms with Gasteiger partial charge in [0.25, 0.3) is 0 Å². The zero-order chi connectivity index (χ0) is 15.5. The van der Waals surface area contributed by atoms with Crippen LogP contribution in [0.4, 0.5) is 11.5 Å². The first-order valence-electron chi connectivity index (χ1n) is 6.36. The molecular weight excluding hydrogens is 296 g/mol. The second kappa shape index (κ2) is 5.76. The number of nitriles is 2. The summed E-state index contributed by atoms with van der Waals surface area (Å²) in [5.41, 5.74) is 2.45. The van der Waals surface area contributed by atoms with Crippen molar-refractivity contribution in [3.63, 3.8) is 0 Å². The van der Waals surface area contributed by atoms with Crippen molar-refractivity contribution in [2.24, 2.45) is 0 Å². The van der Waals surface area contributed by atoms with E-state index in [4.69, 9.17) is 5.26 Å². The van der Waals surface area contributed by atoms with Crippen LogP contribution in [-0.4, -0.2) is 20.9 Å². The molecule has 0 spiro atoms. The number of aromatic nitrogens is 3. The summed E-state index contributed by atoms with van der Waals surface area (Å²) >= 11 is 1.41. The van der Waals surface area contributed by atoms with Crippen LogP contribution in [0.5, 0.6) is 0 Å². The van der Waals surface area contributed by atoms with Crippen molar-refractivity contribution in [1.82, 2.24) is 14.6 Å². The van der Waals surface area contributed by atoms with Gasteiger partial charge in [-0.1, -0.05) is 0 Å². The second-order valence-corrected chi connectivity index (χ2v) is 5.17. The quantitative estimate of drug-likeness (QED) is 0.591. The van der Waals surface area contributed by atoms with Crippen molar-refractivity contribution < 1.29 is 0 Å². The Morgan fingerprint density at radius 2 is 1.91 bits per heavy atom. The molecule has 0 saturated heterocycles. The molecule has 1 N–H and O–H groups in total. The number of nitrogens with one attached hydrogen (secondary N) is 1. The van der Waals surface area contributed by atoms with Crippen LogP contribution < -0.4 is 5.32 Å². The molecule has 3 aromatic rings. The highest BCUT2D eigenvalue weighted by atomic mass is 32.2. The SMILES string of the molecule is CSc1nc2ccnn2c(Nc2ccc(C#N)cc2)c1C#N. The summed E-state index contributed by atoms with van der Waals surface area (Å²) in [6.45, 7) is 0. The van der Waals surface area contributed by atoms with Gasteiger partial charge in [-0.05, 0) is 30.5 Å². The summed E-state index contributed by atoms with van der Waals surface area (Å²) in [5, 5.41) is 26.4. The number of anilines is 2. The first-order valence-corrected chi connectivity index (χ1v) is 7.58. The van der Waals surface area contributed by atoms with Gasteiger partial charge in [-0.25, -0.2) is 4.98 Å². The first kappa shape index (κ1) is 13.9. The largest absolute Gasteiger partial charge is 0.339 e. The highest BCUT2D eigenvalue weighted by Crippen LogP contribution is 2.28. The van der Waals surface area contributed by atoms with Crippen molar-refractivity contribution in [3.8, 4) is 12.1 Å². The smallest absolute Gasteiger partial charge is 0.158 e. The number of fused-ring (bicyclic) bond motifs is 1. The van der Waals surface area contributed by atoms with Crippen LogP contribution in [0.1, 0.15) is 11.1 Å². The van der Waals surface area contributed by atoms with E-state index in [-0.39, 0.29) is 0 Å². The first-order chi connectivity index (χ1) is 10.8. The van der Waals surface area contributed by atoms with E-state index in [0.717, 1.165) is 5.69 Å². The van der Waals surface area contributed by atoms with Gasteiger partial charge in [-0.3, -0.25) is 0 Å². The van der Waals surface area contributed by atoms with Gasteiger partial charge in [0.2, 0.25) is 0 Å². The minimum absolute atomic E-state index is 0.438. The lowest BCUT2D eigenvalue weighted by Gasteiger charge is -2.12. The van der Waals surface area contributed by atoms with E-state index in [1.54, 1.807) is 41.0 Å². The number of hydrogen-bond donors (Lipinski definition) is 1. The third-order valence-corrected chi connectivity index (χ3v) is 3.77. The lowest BCUT2D eigenvalue weighted by atomic mass is 10.2. The van der Waals surface area contributed by atoms with Crippen LogP contribution in [0.2, 0.25) is 0 Å². The highest BCUT2D eigenvalue weighted by molar-refractivity contribution is 7.98. The fraction of sp³-hybridized carbons (Fsp3) is 0.0667. The molecule has 3 rings (SSSR count). The molecule has 0 aliphatic heterocycles. The van der Waals surface area contributed by atoms with Crippen LogP contribution in [0.15, 0.2) is 41.6 Å². The Kier molecular flexibility index (Phi) is 3.65. The standard InChI is InChI=1S/C15H10N6S/c1-22-15-12(9-17)14(21-13(20-15)6-7-18-21)19-11-4-2-10(8-16)3-5-11/h2-7,19H,1H3. The topological polar surface area (TPSA) is 89.8 Å². The van der Waals surface area contributed by atoms with Crippen LogP contribution in [0.25, 0.3) is 5.65 Å². The van der Waals surface area contributed by atoms with Gasteiger partial charge in [0.05, 0.1) is 17.8 Å². The molecule has 0 radical (unpaired) electrons. The number of rotatable bonds is 3. The molecule has 7 heteroatoms. The van der Waals surface area contributed by atoms with Gasteiger partial charge in [-0.15, -0.1) is 11.8 Å². The molecule has 0 aliphatic rings. The average molecular weight is 306 g/mol. The van der Waals surface area contributed by atoms with Crippen LogP contribution in [-0.2, 0) is 0 Å². The van der Waals surface area contributed by atoms with Crippen molar-refractivity contribution in [2.75, 3.05) is 11.6 Å². The minimum Gasteiger partial charge on any atom is -0.339 e.